The highest BCUT2D eigenvalue weighted by Crippen LogP contribution is 2.27. The largest absolute Gasteiger partial charge is 0.323 e. The number of aromatic nitrogens is 3. The second-order valence-corrected chi connectivity index (χ2v) is 5.22. The molecule has 5 heteroatoms. The van der Waals surface area contributed by atoms with E-state index in [4.69, 9.17) is 5.73 Å². The van der Waals surface area contributed by atoms with Crippen LogP contribution in [-0.4, -0.2) is 14.8 Å². The molecule has 0 saturated heterocycles. The molecule has 2 N–H and O–H groups in total. The minimum absolute atomic E-state index is 0.0476. The first-order valence-corrected chi connectivity index (χ1v) is 6.15. The van der Waals surface area contributed by atoms with Gasteiger partial charge in [0, 0.05) is 34.9 Å². The molecule has 0 amide bonds. The van der Waals surface area contributed by atoms with Crippen LogP contribution in [-0.2, 0) is 0 Å². The molecule has 2 rings (SSSR count). The molecule has 2 aromatic heterocycles. The first kappa shape index (κ1) is 11.3. The average molecular weight is 236 g/mol. The van der Waals surface area contributed by atoms with E-state index in [1.165, 1.54) is 0 Å². The molecule has 0 radical (unpaired) electrons. The predicted molar refractivity (Wildman–Crippen MR) is 66.3 cm³/mol. The van der Waals surface area contributed by atoms with Gasteiger partial charge in [0.15, 0.2) is 0 Å². The zero-order valence-electron chi connectivity index (χ0n) is 9.71. The first-order valence-electron chi connectivity index (χ1n) is 5.33. The van der Waals surface area contributed by atoms with Crippen molar-refractivity contribution in [3.8, 4) is 10.6 Å². The molecular weight excluding hydrogens is 220 g/mol. The van der Waals surface area contributed by atoms with Crippen LogP contribution in [0.5, 0.6) is 0 Å². The Labute approximate surface area is 99.1 Å². The highest BCUT2D eigenvalue weighted by Gasteiger charge is 2.10. The molecule has 0 bridgehead atoms. The van der Waals surface area contributed by atoms with Gasteiger partial charge in [0.1, 0.15) is 5.01 Å². The summed E-state index contributed by atoms with van der Waals surface area (Å²) in [4.78, 5) is 5.47. The lowest BCUT2D eigenvalue weighted by molar-refractivity contribution is 0.532. The van der Waals surface area contributed by atoms with Crippen molar-refractivity contribution in [3.63, 3.8) is 0 Å². The maximum absolute atomic E-state index is 5.81. The molecule has 86 valence electrons. The Morgan fingerprint density at radius 2 is 2.06 bits per heavy atom. The molecule has 0 spiro atoms. The Balaban J connectivity index is 2.28. The van der Waals surface area contributed by atoms with Gasteiger partial charge in [-0.15, -0.1) is 11.3 Å². The van der Waals surface area contributed by atoms with Gasteiger partial charge in [-0.3, -0.25) is 4.68 Å². The maximum Gasteiger partial charge on any atom is 0.126 e. The summed E-state index contributed by atoms with van der Waals surface area (Å²) in [5.74, 6) is 0. The Bertz CT molecular complexity index is 426. The second kappa shape index (κ2) is 4.35. The van der Waals surface area contributed by atoms with Crippen LogP contribution in [0.2, 0.25) is 0 Å². The van der Waals surface area contributed by atoms with Gasteiger partial charge in [-0.1, -0.05) is 0 Å². The van der Waals surface area contributed by atoms with Crippen LogP contribution >= 0.6 is 11.3 Å². The fraction of sp³-hybridized carbons (Fsp3) is 0.455. The Morgan fingerprint density at radius 3 is 2.56 bits per heavy atom. The van der Waals surface area contributed by atoms with Crippen molar-refractivity contribution in [3.05, 3.63) is 23.5 Å². The summed E-state index contributed by atoms with van der Waals surface area (Å²) in [6, 6.07) is 0.424. The zero-order chi connectivity index (χ0) is 11.7. The van der Waals surface area contributed by atoms with Gasteiger partial charge < -0.3 is 5.73 Å². The van der Waals surface area contributed by atoms with E-state index in [1.807, 2.05) is 30.2 Å². The Kier molecular flexibility index (Phi) is 3.07. The molecule has 16 heavy (non-hydrogen) atoms. The van der Waals surface area contributed by atoms with E-state index in [1.54, 1.807) is 11.3 Å². The third-order valence-electron chi connectivity index (χ3n) is 2.35. The summed E-state index contributed by atoms with van der Waals surface area (Å²) in [7, 11) is 0. The van der Waals surface area contributed by atoms with Crippen molar-refractivity contribution >= 4 is 11.3 Å². The van der Waals surface area contributed by atoms with Crippen LogP contribution in [0.1, 0.15) is 37.7 Å². The lowest BCUT2D eigenvalue weighted by Gasteiger charge is -2.02. The predicted octanol–water partition coefficient (Wildman–Crippen LogP) is 2.61. The monoisotopic (exact) mass is 236 g/mol. The Morgan fingerprint density at radius 1 is 1.31 bits per heavy atom. The summed E-state index contributed by atoms with van der Waals surface area (Å²) in [6.45, 7) is 6.17. The minimum Gasteiger partial charge on any atom is -0.323 e. The van der Waals surface area contributed by atoms with Gasteiger partial charge in [-0.2, -0.15) is 5.10 Å². The standard InChI is InChI=1S/C11H16N4S/c1-7(2)15-6-9(4-14-15)11-13-5-10(16-11)8(3)12/h4-8H,12H2,1-3H3. The molecule has 0 aliphatic carbocycles. The zero-order valence-corrected chi connectivity index (χ0v) is 10.5. The van der Waals surface area contributed by atoms with Crippen LogP contribution in [0.4, 0.5) is 0 Å². The third-order valence-corrected chi connectivity index (χ3v) is 3.60. The molecule has 1 unspecified atom stereocenters. The molecule has 2 aromatic rings. The van der Waals surface area contributed by atoms with Crippen LogP contribution in [0.3, 0.4) is 0 Å². The van der Waals surface area contributed by atoms with E-state index in [-0.39, 0.29) is 6.04 Å². The van der Waals surface area contributed by atoms with Gasteiger partial charge >= 0.3 is 0 Å². The number of hydrogen-bond donors (Lipinski definition) is 1. The topological polar surface area (TPSA) is 56.7 Å². The summed E-state index contributed by atoms with van der Waals surface area (Å²) in [5.41, 5.74) is 6.87. The van der Waals surface area contributed by atoms with E-state index >= 15 is 0 Å². The van der Waals surface area contributed by atoms with Crippen molar-refractivity contribution in [1.82, 2.24) is 14.8 Å². The van der Waals surface area contributed by atoms with Crippen molar-refractivity contribution in [2.75, 3.05) is 0 Å². The van der Waals surface area contributed by atoms with Crippen molar-refractivity contribution < 1.29 is 0 Å². The molecule has 0 saturated carbocycles. The van der Waals surface area contributed by atoms with Crippen molar-refractivity contribution in [2.45, 2.75) is 32.9 Å². The third kappa shape index (κ3) is 2.15. The fourth-order valence-electron chi connectivity index (χ4n) is 1.36. The Hall–Kier alpha value is -1.20. The summed E-state index contributed by atoms with van der Waals surface area (Å²) in [5, 5.41) is 5.28. The van der Waals surface area contributed by atoms with Crippen LogP contribution in [0.15, 0.2) is 18.6 Å². The van der Waals surface area contributed by atoms with E-state index < -0.39 is 0 Å². The number of rotatable bonds is 3. The van der Waals surface area contributed by atoms with Gasteiger partial charge in [-0.25, -0.2) is 4.98 Å². The fourth-order valence-corrected chi connectivity index (χ4v) is 2.20. The maximum atomic E-state index is 5.81. The van der Waals surface area contributed by atoms with E-state index in [9.17, 15) is 0 Å². The number of nitrogens with two attached hydrogens (primary N) is 1. The van der Waals surface area contributed by atoms with Gasteiger partial charge in [-0.05, 0) is 20.8 Å². The van der Waals surface area contributed by atoms with Gasteiger partial charge in [0.05, 0.1) is 6.20 Å². The van der Waals surface area contributed by atoms with Crippen molar-refractivity contribution in [2.24, 2.45) is 5.73 Å². The van der Waals surface area contributed by atoms with E-state index in [0.29, 0.717) is 6.04 Å². The quantitative estimate of drug-likeness (QED) is 0.891. The number of hydrogen-bond acceptors (Lipinski definition) is 4. The highest BCUT2D eigenvalue weighted by molar-refractivity contribution is 7.15. The van der Waals surface area contributed by atoms with E-state index in [0.717, 1.165) is 15.4 Å². The molecule has 0 aromatic carbocycles. The molecule has 0 aliphatic heterocycles. The van der Waals surface area contributed by atoms with Gasteiger partial charge in [0.25, 0.3) is 0 Å². The molecular formula is C11H16N4S. The smallest absolute Gasteiger partial charge is 0.126 e. The first-order chi connectivity index (χ1) is 7.58. The normalized spacial score (nSPS) is 13.3. The molecule has 0 fully saturated rings. The lowest BCUT2D eigenvalue weighted by Crippen LogP contribution is -2.01. The SMILES string of the molecule is CC(N)c1cnc(-c2cnn(C(C)C)c2)s1. The van der Waals surface area contributed by atoms with Gasteiger partial charge in [0.2, 0.25) is 0 Å². The highest BCUT2D eigenvalue weighted by atomic mass is 32.1. The number of nitrogens with zero attached hydrogens (tertiary/aromatic N) is 3. The van der Waals surface area contributed by atoms with E-state index in [2.05, 4.69) is 23.9 Å². The number of thiazole rings is 1. The lowest BCUT2D eigenvalue weighted by atomic mass is 10.3. The molecule has 1 atom stereocenters. The van der Waals surface area contributed by atoms with Crippen LogP contribution in [0.25, 0.3) is 10.6 Å². The molecule has 2 heterocycles. The summed E-state index contributed by atoms with van der Waals surface area (Å²) in [6.07, 6.45) is 5.72. The van der Waals surface area contributed by atoms with Crippen LogP contribution < -0.4 is 5.73 Å². The minimum atomic E-state index is 0.0476. The van der Waals surface area contributed by atoms with Crippen LogP contribution in [0, 0.1) is 0 Å². The van der Waals surface area contributed by atoms with Crippen molar-refractivity contribution in [1.29, 1.82) is 0 Å². The molecule has 4 nitrogen and oxygen atoms in total. The molecule has 0 aliphatic rings. The average Bonchev–Trinajstić information content (AvgIpc) is 2.86. The summed E-state index contributed by atoms with van der Waals surface area (Å²) >= 11 is 1.63. The second-order valence-electron chi connectivity index (χ2n) is 4.16. The summed E-state index contributed by atoms with van der Waals surface area (Å²) < 4.78 is 1.93.